The molecule has 1 aromatic heterocycles. The summed E-state index contributed by atoms with van der Waals surface area (Å²) in [5, 5.41) is 4.14. The van der Waals surface area contributed by atoms with E-state index in [1.807, 2.05) is 5.38 Å². The van der Waals surface area contributed by atoms with Crippen molar-refractivity contribution in [1.29, 1.82) is 0 Å². The van der Waals surface area contributed by atoms with Crippen LogP contribution in [0.1, 0.15) is 22.7 Å². The van der Waals surface area contributed by atoms with Crippen molar-refractivity contribution in [3.8, 4) is 5.75 Å². The minimum absolute atomic E-state index is 0.0115. The van der Waals surface area contributed by atoms with Gasteiger partial charge in [0.15, 0.2) is 0 Å². The maximum Gasteiger partial charge on any atom is 0.240 e. The summed E-state index contributed by atoms with van der Waals surface area (Å²) < 4.78 is 33.6. The van der Waals surface area contributed by atoms with Crippen LogP contribution in [0, 0.1) is 0 Å². The van der Waals surface area contributed by atoms with E-state index in [2.05, 4.69) is 45.3 Å². The van der Waals surface area contributed by atoms with Crippen molar-refractivity contribution in [2.75, 3.05) is 20.2 Å². The summed E-state index contributed by atoms with van der Waals surface area (Å²) in [5.74, 6) is 0.632. The Hall–Kier alpha value is -2.19. The van der Waals surface area contributed by atoms with E-state index >= 15 is 0 Å². The first-order chi connectivity index (χ1) is 14.1. The number of fused-ring (bicyclic) bond motifs is 1. The van der Waals surface area contributed by atoms with Crippen molar-refractivity contribution >= 4 is 21.4 Å². The minimum atomic E-state index is -3.60. The maximum absolute atomic E-state index is 12.8. The van der Waals surface area contributed by atoms with Gasteiger partial charge in [-0.25, -0.2) is 13.1 Å². The van der Waals surface area contributed by atoms with Crippen LogP contribution in [0.2, 0.25) is 0 Å². The van der Waals surface area contributed by atoms with Crippen LogP contribution in [0.5, 0.6) is 5.75 Å². The molecule has 29 heavy (non-hydrogen) atoms. The normalized spacial score (nSPS) is 15.6. The van der Waals surface area contributed by atoms with Gasteiger partial charge in [-0.1, -0.05) is 24.3 Å². The van der Waals surface area contributed by atoms with Gasteiger partial charge in [-0.2, -0.15) is 11.3 Å². The predicted octanol–water partition coefficient (Wildman–Crippen LogP) is 3.83. The first kappa shape index (κ1) is 20.1. The number of rotatable bonds is 7. The molecular formula is C22H24N2O3S2. The van der Waals surface area contributed by atoms with Gasteiger partial charge in [0.1, 0.15) is 5.75 Å². The maximum atomic E-state index is 12.8. The van der Waals surface area contributed by atoms with Gasteiger partial charge in [0.25, 0.3) is 0 Å². The Bertz CT molecular complexity index is 1050. The Kier molecular flexibility index (Phi) is 6.01. The molecule has 0 bridgehead atoms. The van der Waals surface area contributed by atoms with E-state index < -0.39 is 10.0 Å². The summed E-state index contributed by atoms with van der Waals surface area (Å²) in [6, 6.07) is 17.0. The second-order valence-electron chi connectivity index (χ2n) is 7.09. The van der Waals surface area contributed by atoms with E-state index in [1.54, 1.807) is 42.7 Å². The summed E-state index contributed by atoms with van der Waals surface area (Å²) in [6.45, 7) is 2.05. The third kappa shape index (κ3) is 4.53. The Balaban J connectivity index is 1.52. The van der Waals surface area contributed by atoms with Gasteiger partial charge in [0.05, 0.1) is 12.0 Å². The molecule has 0 aliphatic carbocycles. The van der Waals surface area contributed by atoms with Crippen LogP contribution in [-0.4, -0.2) is 33.5 Å². The number of hydrogen-bond donors (Lipinski definition) is 1. The molecule has 1 atom stereocenters. The fraction of sp³-hybridized carbons (Fsp3) is 0.273. The smallest absolute Gasteiger partial charge is 0.240 e. The number of nitrogens with one attached hydrogen (secondary N) is 1. The van der Waals surface area contributed by atoms with Crippen LogP contribution in [0.25, 0.3) is 0 Å². The van der Waals surface area contributed by atoms with E-state index in [0.717, 1.165) is 25.1 Å². The van der Waals surface area contributed by atoms with Crippen LogP contribution < -0.4 is 9.46 Å². The Morgan fingerprint density at radius 2 is 1.86 bits per heavy atom. The molecule has 152 valence electrons. The zero-order chi connectivity index (χ0) is 20.3. The van der Waals surface area contributed by atoms with Gasteiger partial charge in [0.2, 0.25) is 10.0 Å². The van der Waals surface area contributed by atoms with Crippen LogP contribution in [-0.2, 0) is 23.0 Å². The molecule has 0 saturated carbocycles. The fourth-order valence-electron chi connectivity index (χ4n) is 3.73. The van der Waals surface area contributed by atoms with Gasteiger partial charge < -0.3 is 4.74 Å². The lowest BCUT2D eigenvalue weighted by Crippen LogP contribution is -2.40. The lowest BCUT2D eigenvalue weighted by Gasteiger charge is -2.35. The molecule has 5 nitrogen and oxygen atoms in total. The molecular weight excluding hydrogens is 404 g/mol. The highest BCUT2D eigenvalue weighted by Gasteiger charge is 2.27. The van der Waals surface area contributed by atoms with E-state index in [4.69, 9.17) is 4.74 Å². The third-order valence-corrected chi connectivity index (χ3v) is 7.51. The summed E-state index contributed by atoms with van der Waals surface area (Å²) in [6.07, 6.45) is 0.974. The second-order valence-corrected chi connectivity index (χ2v) is 9.64. The molecule has 0 unspecified atom stereocenters. The highest BCUT2D eigenvalue weighted by molar-refractivity contribution is 7.89. The Morgan fingerprint density at radius 1 is 1.10 bits per heavy atom. The number of sulfonamides is 1. The number of benzene rings is 2. The van der Waals surface area contributed by atoms with Gasteiger partial charge in [-0.15, -0.1) is 0 Å². The van der Waals surface area contributed by atoms with Gasteiger partial charge in [-0.05, 0) is 64.2 Å². The van der Waals surface area contributed by atoms with Crippen molar-refractivity contribution in [2.24, 2.45) is 0 Å². The van der Waals surface area contributed by atoms with Crippen LogP contribution in [0.4, 0.5) is 0 Å². The second kappa shape index (κ2) is 8.67. The standard InChI is InChI=1S/C22H24N2O3S2/c1-27-20-6-8-21(9-7-20)29(25,26)23-14-22(19-11-13-28-16-19)24-12-10-17-4-2-3-5-18(17)15-24/h2-9,11,13,16,22-23H,10,12,14-15H2,1H3/t22-/m1/s1. The highest BCUT2D eigenvalue weighted by Crippen LogP contribution is 2.29. The molecule has 0 radical (unpaired) electrons. The molecule has 1 N–H and O–H groups in total. The lowest BCUT2D eigenvalue weighted by molar-refractivity contribution is 0.181. The third-order valence-electron chi connectivity index (χ3n) is 5.37. The Morgan fingerprint density at radius 3 is 2.55 bits per heavy atom. The quantitative estimate of drug-likeness (QED) is 0.621. The monoisotopic (exact) mass is 428 g/mol. The highest BCUT2D eigenvalue weighted by atomic mass is 32.2. The summed E-state index contributed by atoms with van der Waals surface area (Å²) in [4.78, 5) is 2.60. The topological polar surface area (TPSA) is 58.6 Å². The molecule has 3 aromatic rings. The molecule has 1 aliphatic rings. The van der Waals surface area contributed by atoms with Crippen molar-refractivity contribution < 1.29 is 13.2 Å². The molecule has 2 heterocycles. The van der Waals surface area contributed by atoms with E-state index in [1.165, 1.54) is 11.1 Å². The van der Waals surface area contributed by atoms with Gasteiger partial charge in [0, 0.05) is 25.7 Å². The van der Waals surface area contributed by atoms with Crippen LogP contribution in [0.15, 0.2) is 70.3 Å². The molecule has 0 spiro atoms. The van der Waals surface area contributed by atoms with Crippen LogP contribution >= 0.6 is 11.3 Å². The summed E-state index contributed by atoms with van der Waals surface area (Å²) in [7, 11) is -2.04. The van der Waals surface area contributed by atoms with Crippen molar-refractivity contribution in [2.45, 2.75) is 23.9 Å². The molecule has 0 fully saturated rings. The average molecular weight is 429 g/mol. The minimum Gasteiger partial charge on any atom is -0.497 e. The lowest BCUT2D eigenvalue weighted by atomic mass is 9.97. The first-order valence-corrected chi connectivity index (χ1v) is 12.0. The van der Waals surface area contributed by atoms with Crippen molar-refractivity contribution in [3.63, 3.8) is 0 Å². The van der Waals surface area contributed by atoms with Gasteiger partial charge in [-0.3, -0.25) is 4.90 Å². The molecule has 0 amide bonds. The van der Waals surface area contributed by atoms with E-state index in [-0.39, 0.29) is 10.9 Å². The molecule has 2 aromatic carbocycles. The van der Waals surface area contributed by atoms with Gasteiger partial charge >= 0.3 is 0 Å². The average Bonchev–Trinajstić information content (AvgIpc) is 3.28. The van der Waals surface area contributed by atoms with Crippen molar-refractivity contribution in [1.82, 2.24) is 9.62 Å². The predicted molar refractivity (Wildman–Crippen MR) is 116 cm³/mol. The number of nitrogens with zero attached hydrogens (tertiary/aromatic N) is 1. The first-order valence-electron chi connectivity index (χ1n) is 9.53. The van der Waals surface area contributed by atoms with E-state index in [9.17, 15) is 8.42 Å². The summed E-state index contributed by atoms with van der Waals surface area (Å²) in [5.41, 5.74) is 3.84. The summed E-state index contributed by atoms with van der Waals surface area (Å²) >= 11 is 1.63. The Labute approximate surface area is 176 Å². The SMILES string of the molecule is COc1ccc(S(=O)(=O)NC[C@H](c2ccsc2)N2CCc3ccccc3C2)cc1. The largest absolute Gasteiger partial charge is 0.497 e. The fourth-order valence-corrected chi connectivity index (χ4v) is 5.48. The number of thiophene rings is 1. The molecule has 0 saturated heterocycles. The molecule has 7 heteroatoms. The van der Waals surface area contributed by atoms with Crippen LogP contribution in [0.3, 0.4) is 0 Å². The zero-order valence-electron chi connectivity index (χ0n) is 16.2. The molecule has 1 aliphatic heterocycles. The number of hydrogen-bond acceptors (Lipinski definition) is 5. The van der Waals surface area contributed by atoms with Crippen molar-refractivity contribution in [3.05, 3.63) is 82.0 Å². The van der Waals surface area contributed by atoms with E-state index in [0.29, 0.717) is 12.3 Å². The zero-order valence-corrected chi connectivity index (χ0v) is 17.9. The molecule has 4 rings (SSSR count). The number of methoxy groups -OCH3 is 1. The number of ether oxygens (including phenoxy) is 1.